The van der Waals surface area contributed by atoms with Crippen molar-refractivity contribution in [3.8, 4) is 0 Å². The maximum Gasteiger partial charge on any atom is 0.275 e. The van der Waals surface area contributed by atoms with E-state index in [9.17, 15) is 4.79 Å². The van der Waals surface area contributed by atoms with Gasteiger partial charge in [-0.1, -0.05) is 23.2 Å². The number of hydrogen-bond acceptors (Lipinski definition) is 5. The highest BCUT2D eigenvalue weighted by Crippen LogP contribution is 2.25. The van der Waals surface area contributed by atoms with Crippen LogP contribution < -0.4 is 10.2 Å². The maximum absolute atomic E-state index is 12.2. The van der Waals surface area contributed by atoms with Gasteiger partial charge in [-0.3, -0.25) is 4.79 Å². The number of amides is 1. The third-order valence-corrected chi connectivity index (χ3v) is 3.93. The zero-order valence-electron chi connectivity index (χ0n) is 12.1. The minimum absolute atomic E-state index is 0.216. The lowest BCUT2D eigenvalue weighted by Crippen LogP contribution is -2.36. The van der Waals surface area contributed by atoms with Gasteiger partial charge < -0.3 is 15.0 Å². The van der Waals surface area contributed by atoms with Crippen molar-refractivity contribution in [3.63, 3.8) is 0 Å². The molecule has 0 unspecified atom stereocenters. The molecule has 0 atom stereocenters. The van der Waals surface area contributed by atoms with Crippen LogP contribution in [0.3, 0.4) is 0 Å². The van der Waals surface area contributed by atoms with E-state index < -0.39 is 0 Å². The number of benzene rings is 1. The number of carbonyl (C=O) groups excluding carboxylic acids is 1. The summed E-state index contributed by atoms with van der Waals surface area (Å²) in [5.41, 5.74) is 0.688. The van der Waals surface area contributed by atoms with Crippen LogP contribution in [0.1, 0.15) is 10.5 Å². The highest BCUT2D eigenvalue weighted by atomic mass is 35.5. The molecule has 23 heavy (non-hydrogen) atoms. The Morgan fingerprint density at radius 1 is 1.17 bits per heavy atom. The smallest absolute Gasteiger partial charge is 0.275 e. The Labute approximate surface area is 143 Å². The van der Waals surface area contributed by atoms with Gasteiger partial charge in [-0.2, -0.15) is 0 Å². The van der Waals surface area contributed by atoms with Crippen LogP contribution in [0.15, 0.2) is 30.6 Å². The zero-order valence-corrected chi connectivity index (χ0v) is 13.6. The third kappa shape index (κ3) is 3.90. The van der Waals surface area contributed by atoms with E-state index in [1.54, 1.807) is 24.4 Å². The van der Waals surface area contributed by atoms with Crippen LogP contribution in [-0.2, 0) is 4.74 Å². The molecule has 2 aromatic rings. The van der Waals surface area contributed by atoms with Crippen LogP contribution in [0, 0.1) is 0 Å². The van der Waals surface area contributed by atoms with E-state index >= 15 is 0 Å². The SMILES string of the molecule is O=C(Nc1ccc(Cl)cc1Cl)c1cnc(N2CCOCC2)cn1. The molecule has 0 bridgehead atoms. The quantitative estimate of drug-likeness (QED) is 0.919. The van der Waals surface area contributed by atoms with Gasteiger partial charge in [-0.15, -0.1) is 0 Å². The van der Waals surface area contributed by atoms with Crippen molar-refractivity contribution in [2.24, 2.45) is 0 Å². The van der Waals surface area contributed by atoms with Crippen LogP contribution in [0.2, 0.25) is 10.0 Å². The van der Waals surface area contributed by atoms with E-state index in [0.717, 1.165) is 18.9 Å². The summed E-state index contributed by atoms with van der Waals surface area (Å²) in [6.45, 7) is 2.86. The number of nitrogens with zero attached hydrogens (tertiary/aromatic N) is 3. The van der Waals surface area contributed by atoms with Crippen LogP contribution in [0.4, 0.5) is 11.5 Å². The van der Waals surface area contributed by atoms with Gasteiger partial charge in [-0.25, -0.2) is 9.97 Å². The molecule has 2 heterocycles. The summed E-state index contributed by atoms with van der Waals surface area (Å²) in [6.07, 6.45) is 3.04. The van der Waals surface area contributed by atoms with Gasteiger partial charge in [-0.05, 0) is 18.2 Å². The Morgan fingerprint density at radius 3 is 2.61 bits per heavy atom. The van der Waals surface area contributed by atoms with Gasteiger partial charge in [0, 0.05) is 18.1 Å². The average Bonchev–Trinajstić information content (AvgIpc) is 2.58. The molecule has 1 fully saturated rings. The van der Waals surface area contributed by atoms with Crippen LogP contribution in [0.25, 0.3) is 0 Å². The first-order chi connectivity index (χ1) is 11.1. The normalized spacial score (nSPS) is 14.6. The Morgan fingerprint density at radius 2 is 1.96 bits per heavy atom. The fourth-order valence-corrected chi connectivity index (χ4v) is 2.63. The van der Waals surface area contributed by atoms with Gasteiger partial charge in [0.05, 0.1) is 36.3 Å². The number of ether oxygens (including phenoxy) is 1. The van der Waals surface area contributed by atoms with Crippen molar-refractivity contribution < 1.29 is 9.53 Å². The number of carbonyl (C=O) groups is 1. The molecule has 120 valence electrons. The number of nitrogens with one attached hydrogen (secondary N) is 1. The molecule has 1 saturated heterocycles. The largest absolute Gasteiger partial charge is 0.378 e. The lowest BCUT2D eigenvalue weighted by atomic mass is 10.3. The molecule has 6 nitrogen and oxygen atoms in total. The van der Waals surface area contributed by atoms with Crippen molar-refractivity contribution in [2.45, 2.75) is 0 Å². The molecule has 1 aromatic heterocycles. The topological polar surface area (TPSA) is 67.4 Å². The second kappa shape index (κ2) is 7.12. The second-order valence-electron chi connectivity index (χ2n) is 4.94. The van der Waals surface area contributed by atoms with Crippen LogP contribution in [-0.4, -0.2) is 42.2 Å². The Kier molecular flexibility index (Phi) is 4.95. The Bertz CT molecular complexity index is 703. The summed E-state index contributed by atoms with van der Waals surface area (Å²) in [7, 11) is 0. The highest BCUT2D eigenvalue weighted by Gasteiger charge is 2.15. The van der Waals surface area contributed by atoms with Crippen molar-refractivity contribution in [1.29, 1.82) is 0 Å². The Hall–Kier alpha value is -1.89. The minimum atomic E-state index is -0.379. The summed E-state index contributed by atoms with van der Waals surface area (Å²) < 4.78 is 5.29. The van der Waals surface area contributed by atoms with Crippen LogP contribution >= 0.6 is 23.2 Å². The predicted molar refractivity (Wildman–Crippen MR) is 89.5 cm³/mol. The number of morpholine rings is 1. The molecule has 0 spiro atoms. The van der Waals surface area contributed by atoms with E-state index in [1.807, 2.05) is 0 Å². The zero-order chi connectivity index (χ0) is 16.2. The van der Waals surface area contributed by atoms with E-state index in [2.05, 4.69) is 20.2 Å². The maximum atomic E-state index is 12.2. The lowest BCUT2D eigenvalue weighted by molar-refractivity contribution is 0.102. The van der Waals surface area contributed by atoms with Crippen molar-refractivity contribution in [1.82, 2.24) is 9.97 Å². The highest BCUT2D eigenvalue weighted by molar-refractivity contribution is 6.36. The van der Waals surface area contributed by atoms with Gasteiger partial charge in [0.1, 0.15) is 11.5 Å². The molecule has 1 aromatic carbocycles. The van der Waals surface area contributed by atoms with Crippen molar-refractivity contribution >= 4 is 40.6 Å². The molecular formula is C15H14Cl2N4O2. The monoisotopic (exact) mass is 352 g/mol. The first-order valence-corrected chi connectivity index (χ1v) is 7.80. The van der Waals surface area contributed by atoms with E-state index in [0.29, 0.717) is 28.9 Å². The number of rotatable bonds is 3. The molecule has 1 amide bonds. The standard InChI is InChI=1S/C15H14Cl2N4O2/c16-10-1-2-12(11(17)7-10)20-15(22)13-8-19-14(9-18-13)21-3-5-23-6-4-21/h1-2,7-9H,3-6H2,(H,20,22). The van der Waals surface area contributed by atoms with Gasteiger partial charge in [0.15, 0.2) is 0 Å². The molecule has 1 aliphatic rings. The molecule has 1 N–H and O–H groups in total. The molecule has 0 saturated carbocycles. The molecule has 8 heteroatoms. The minimum Gasteiger partial charge on any atom is -0.378 e. The molecule has 0 aliphatic carbocycles. The fourth-order valence-electron chi connectivity index (χ4n) is 2.17. The summed E-state index contributed by atoms with van der Waals surface area (Å²) in [4.78, 5) is 22.7. The number of hydrogen-bond donors (Lipinski definition) is 1. The second-order valence-corrected chi connectivity index (χ2v) is 5.78. The van der Waals surface area contributed by atoms with Gasteiger partial charge in [0.2, 0.25) is 0 Å². The Balaban J connectivity index is 1.69. The van der Waals surface area contributed by atoms with E-state index in [4.69, 9.17) is 27.9 Å². The molecule has 1 aliphatic heterocycles. The van der Waals surface area contributed by atoms with Crippen LogP contribution in [0.5, 0.6) is 0 Å². The van der Waals surface area contributed by atoms with Crippen molar-refractivity contribution in [3.05, 3.63) is 46.3 Å². The number of anilines is 2. The van der Waals surface area contributed by atoms with E-state index in [-0.39, 0.29) is 11.6 Å². The summed E-state index contributed by atoms with van der Waals surface area (Å²) in [5, 5.41) is 3.55. The fraction of sp³-hybridized carbons (Fsp3) is 0.267. The average molecular weight is 353 g/mol. The number of halogens is 2. The first-order valence-electron chi connectivity index (χ1n) is 7.04. The third-order valence-electron chi connectivity index (χ3n) is 3.39. The predicted octanol–water partition coefficient (Wildman–Crippen LogP) is 2.87. The van der Waals surface area contributed by atoms with Gasteiger partial charge >= 0.3 is 0 Å². The summed E-state index contributed by atoms with van der Waals surface area (Å²) in [5.74, 6) is 0.352. The lowest BCUT2D eigenvalue weighted by Gasteiger charge is -2.27. The molecular weight excluding hydrogens is 339 g/mol. The van der Waals surface area contributed by atoms with Crippen molar-refractivity contribution in [2.75, 3.05) is 36.5 Å². The number of aromatic nitrogens is 2. The summed E-state index contributed by atoms with van der Waals surface area (Å²) >= 11 is 11.9. The first kappa shape index (κ1) is 16.0. The summed E-state index contributed by atoms with van der Waals surface area (Å²) in [6, 6.07) is 4.85. The van der Waals surface area contributed by atoms with Gasteiger partial charge in [0.25, 0.3) is 5.91 Å². The molecule has 3 rings (SSSR count). The molecule has 0 radical (unpaired) electrons. The van der Waals surface area contributed by atoms with E-state index in [1.165, 1.54) is 6.20 Å².